The van der Waals surface area contributed by atoms with E-state index in [9.17, 15) is 18.4 Å². The zero-order valence-corrected chi connectivity index (χ0v) is 20.1. The molecule has 1 N–H and O–H groups in total. The molecule has 0 saturated carbocycles. The standard InChI is InChI=1S/C27H24F2N6O2/c1-18-14-21(6-7-22(18)27(37)34-12-10-33(17-36)11-13-34)32-25-26-31-16-23(35(26)9-8-30-25)20-4-2-19(3-5-20)15-24(28)29/h2-9,14-17H,10-13H2,1H3,(H,30,32). The number of aromatic nitrogens is 3. The van der Waals surface area contributed by atoms with Gasteiger partial charge in [0, 0.05) is 61.5 Å². The van der Waals surface area contributed by atoms with Crippen LogP contribution in [0.2, 0.25) is 0 Å². The van der Waals surface area contributed by atoms with Gasteiger partial charge in [0.2, 0.25) is 6.41 Å². The molecule has 3 heterocycles. The maximum Gasteiger partial charge on any atom is 0.270 e. The third kappa shape index (κ3) is 5.04. The quantitative estimate of drug-likeness (QED) is 0.390. The highest BCUT2D eigenvalue weighted by Crippen LogP contribution is 2.27. The molecule has 188 valence electrons. The Morgan fingerprint density at radius 1 is 1.03 bits per heavy atom. The van der Waals surface area contributed by atoms with E-state index in [4.69, 9.17) is 0 Å². The van der Waals surface area contributed by atoms with Crippen LogP contribution in [0.1, 0.15) is 21.5 Å². The predicted octanol–water partition coefficient (Wildman–Crippen LogP) is 4.60. The van der Waals surface area contributed by atoms with Gasteiger partial charge in [0.15, 0.2) is 11.5 Å². The van der Waals surface area contributed by atoms with Crippen molar-refractivity contribution in [1.82, 2.24) is 24.2 Å². The van der Waals surface area contributed by atoms with Crippen molar-refractivity contribution in [2.75, 3.05) is 31.5 Å². The maximum absolute atomic E-state index is 13.0. The molecule has 0 bridgehead atoms. The van der Waals surface area contributed by atoms with Gasteiger partial charge >= 0.3 is 0 Å². The second-order valence-corrected chi connectivity index (χ2v) is 8.76. The minimum atomic E-state index is -1.74. The Labute approximate surface area is 211 Å². The predicted molar refractivity (Wildman–Crippen MR) is 137 cm³/mol. The number of hydrogen-bond acceptors (Lipinski definition) is 5. The topological polar surface area (TPSA) is 82.8 Å². The molecule has 4 aromatic rings. The van der Waals surface area contributed by atoms with Gasteiger partial charge in [0.05, 0.1) is 11.9 Å². The molecule has 0 unspecified atom stereocenters. The van der Waals surface area contributed by atoms with Crippen molar-refractivity contribution < 1.29 is 18.4 Å². The molecule has 0 spiro atoms. The van der Waals surface area contributed by atoms with Crippen molar-refractivity contribution in [3.8, 4) is 11.3 Å². The zero-order valence-electron chi connectivity index (χ0n) is 20.1. The van der Waals surface area contributed by atoms with E-state index in [0.717, 1.165) is 35.0 Å². The summed E-state index contributed by atoms with van der Waals surface area (Å²) in [6, 6.07) is 12.3. The lowest BCUT2D eigenvalue weighted by molar-refractivity contribution is -0.119. The fourth-order valence-electron chi connectivity index (χ4n) is 4.42. The minimum absolute atomic E-state index is 0.0523. The lowest BCUT2D eigenvalue weighted by Crippen LogP contribution is -2.48. The summed E-state index contributed by atoms with van der Waals surface area (Å²) >= 11 is 0. The van der Waals surface area contributed by atoms with Gasteiger partial charge in [-0.3, -0.25) is 14.0 Å². The van der Waals surface area contributed by atoms with Gasteiger partial charge in [-0.2, -0.15) is 8.78 Å². The molecule has 2 aromatic carbocycles. The van der Waals surface area contributed by atoms with Gasteiger partial charge < -0.3 is 15.1 Å². The smallest absolute Gasteiger partial charge is 0.270 e. The number of imidazole rings is 1. The normalized spacial score (nSPS) is 13.5. The third-order valence-electron chi connectivity index (χ3n) is 6.38. The highest BCUT2D eigenvalue weighted by Gasteiger charge is 2.22. The molecule has 1 aliphatic heterocycles. The lowest BCUT2D eigenvalue weighted by atomic mass is 10.1. The van der Waals surface area contributed by atoms with Crippen LogP contribution in [0.25, 0.3) is 23.0 Å². The van der Waals surface area contributed by atoms with Crippen LogP contribution in [0.5, 0.6) is 0 Å². The molecule has 5 rings (SSSR count). The van der Waals surface area contributed by atoms with Crippen LogP contribution in [0, 0.1) is 6.92 Å². The molecule has 1 aliphatic rings. The number of rotatable bonds is 6. The Morgan fingerprint density at radius 3 is 2.46 bits per heavy atom. The van der Waals surface area contributed by atoms with Crippen molar-refractivity contribution in [2.45, 2.75) is 6.92 Å². The average molecular weight is 503 g/mol. The first kappa shape index (κ1) is 24.1. The number of benzene rings is 2. The number of hydrogen-bond donors (Lipinski definition) is 1. The van der Waals surface area contributed by atoms with E-state index in [1.165, 1.54) is 0 Å². The Kier molecular flexibility index (Phi) is 6.63. The van der Waals surface area contributed by atoms with E-state index in [1.54, 1.807) is 58.7 Å². The van der Waals surface area contributed by atoms with Crippen molar-refractivity contribution in [3.05, 3.63) is 83.8 Å². The van der Waals surface area contributed by atoms with Gasteiger partial charge in [0.25, 0.3) is 12.0 Å². The third-order valence-corrected chi connectivity index (χ3v) is 6.38. The molecule has 10 heteroatoms. The molecule has 2 amide bonds. The van der Waals surface area contributed by atoms with Crippen LogP contribution < -0.4 is 5.32 Å². The van der Waals surface area contributed by atoms with Gasteiger partial charge in [-0.05, 0) is 36.2 Å². The molecule has 37 heavy (non-hydrogen) atoms. The summed E-state index contributed by atoms with van der Waals surface area (Å²) < 4.78 is 26.9. The van der Waals surface area contributed by atoms with Crippen LogP contribution in [0.3, 0.4) is 0 Å². The summed E-state index contributed by atoms with van der Waals surface area (Å²) in [7, 11) is 0. The van der Waals surface area contributed by atoms with E-state index in [-0.39, 0.29) is 5.91 Å². The number of aryl methyl sites for hydroxylation is 1. The van der Waals surface area contributed by atoms with E-state index in [1.807, 2.05) is 23.5 Å². The fourth-order valence-corrected chi connectivity index (χ4v) is 4.42. The molecule has 0 atom stereocenters. The molecule has 2 aromatic heterocycles. The van der Waals surface area contributed by atoms with Gasteiger partial charge in [-0.1, -0.05) is 24.3 Å². The second-order valence-electron chi connectivity index (χ2n) is 8.76. The van der Waals surface area contributed by atoms with Crippen molar-refractivity contribution in [2.24, 2.45) is 0 Å². The summed E-state index contributed by atoms with van der Waals surface area (Å²) in [4.78, 5) is 36.3. The van der Waals surface area contributed by atoms with E-state index < -0.39 is 6.08 Å². The Balaban J connectivity index is 1.36. The number of carbonyl (C=O) groups is 2. The molecular weight excluding hydrogens is 478 g/mol. The summed E-state index contributed by atoms with van der Waals surface area (Å²) in [5.41, 5.74) is 4.84. The largest absolute Gasteiger partial charge is 0.342 e. The molecule has 1 fully saturated rings. The van der Waals surface area contributed by atoms with Gasteiger partial charge in [-0.25, -0.2) is 9.97 Å². The van der Waals surface area contributed by atoms with Crippen LogP contribution in [0.15, 0.2) is 67.1 Å². The maximum atomic E-state index is 13.0. The first-order valence-electron chi connectivity index (χ1n) is 11.7. The molecule has 0 radical (unpaired) electrons. The van der Waals surface area contributed by atoms with Crippen LogP contribution in [0.4, 0.5) is 20.3 Å². The summed E-state index contributed by atoms with van der Waals surface area (Å²) in [5, 5.41) is 3.29. The van der Waals surface area contributed by atoms with E-state index in [0.29, 0.717) is 48.8 Å². The van der Waals surface area contributed by atoms with Gasteiger partial charge in [0.1, 0.15) is 0 Å². The zero-order chi connectivity index (χ0) is 25.9. The molecule has 0 aliphatic carbocycles. The monoisotopic (exact) mass is 502 g/mol. The summed E-state index contributed by atoms with van der Waals surface area (Å²) in [6.45, 7) is 3.98. The van der Waals surface area contributed by atoms with Crippen molar-refractivity contribution in [3.63, 3.8) is 0 Å². The number of anilines is 2. The highest BCUT2D eigenvalue weighted by atomic mass is 19.3. The average Bonchev–Trinajstić information content (AvgIpc) is 3.34. The van der Waals surface area contributed by atoms with Crippen molar-refractivity contribution in [1.29, 1.82) is 0 Å². The molecular formula is C27H24F2N6O2. The summed E-state index contributed by atoms with van der Waals surface area (Å²) in [6.07, 6.45) is 5.04. The molecule has 8 nitrogen and oxygen atoms in total. The number of amides is 2. The summed E-state index contributed by atoms with van der Waals surface area (Å²) in [5.74, 6) is 0.486. The number of fused-ring (bicyclic) bond motifs is 1. The number of nitrogens with zero attached hydrogens (tertiary/aromatic N) is 5. The number of halogens is 2. The van der Waals surface area contributed by atoms with Crippen LogP contribution in [-0.4, -0.2) is 62.7 Å². The number of piperazine rings is 1. The van der Waals surface area contributed by atoms with E-state index >= 15 is 0 Å². The first-order valence-corrected chi connectivity index (χ1v) is 11.7. The second kappa shape index (κ2) is 10.2. The highest BCUT2D eigenvalue weighted by molar-refractivity contribution is 5.96. The Morgan fingerprint density at radius 2 is 1.78 bits per heavy atom. The van der Waals surface area contributed by atoms with Gasteiger partial charge in [-0.15, -0.1) is 0 Å². The van der Waals surface area contributed by atoms with E-state index in [2.05, 4.69) is 15.3 Å². The minimum Gasteiger partial charge on any atom is -0.342 e. The Hall–Kier alpha value is -4.60. The number of nitrogens with one attached hydrogen (secondary N) is 1. The Bertz CT molecular complexity index is 1490. The number of carbonyl (C=O) groups excluding carboxylic acids is 2. The first-order chi connectivity index (χ1) is 17.9. The molecule has 1 saturated heterocycles. The van der Waals surface area contributed by atoms with Crippen LogP contribution in [-0.2, 0) is 4.79 Å². The fraction of sp³-hybridized carbons (Fsp3) is 0.185. The van der Waals surface area contributed by atoms with Crippen LogP contribution >= 0.6 is 0 Å². The van der Waals surface area contributed by atoms with Crippen molar-refractivity contribution >= 4 is 35.5 Å². The SMILES string of the molecule is Cc1cc(Nc2nccn3c(-c4ccc(C=C(F)F)cc4)cnc23)ccc1C(=O)N1CCN(C=O)CC1. The lowest BCUT2D eigenvalue weighted by Gasteiger charge is -2.32.